The zero-order valence-corrected chi connectivity index (χ0v) is 11.6. The number of nitrogens with zero attached hydrogens (tertiary/aromatic N) is 1. The molecule has 1 atom stereocenters. The number of hydrogen-bond acceptors (Lipinski definition) is 2. The van der Waals surface area contributed by atoms with Gasteiger partial charge in [0.2, 0.25) is 0 Å². The summed E-state index contributed by atoms with van der Waals surface area (Å²) in [5, 5.41) is 0. The van der Waals surface area contributed by atoms with Gasteiger partial charge >= 0.3 is 0 Å². The molecule has 0 saturated heterocycles. The normalized spacial score (nSPS) is 15.5. The molecular formula is C11H26NO2P. The van der Waals surface area contributed by atoms with Gasteiger partial charge < -0.3 is 4.52 Å². The third kappa shape index (κ3) is 5.14. The Kier molecular flexibility index (Phi) is 8.40. The summed E-state index contributed by atoms with van der Waals surface area (Å²) >= 11 is 0. The van der Waals surface area contributed by atoms with E-state index in [9.17, 15) is 4.57 Å². The Morgan fingerprint density at radius 2 is 1.53 bits per heavy atom. The van der Waals surface area contributed by atoms with E-state index in [1.807, 2.05) is 18.5 Å². The first-order valence-corrected chi connectivity index (χ1v) is 7.89. The molecular weight excluding hydrogens is 209 g/mol. The second kappa shape index (κ2) is 8.32. The van der Waals surface area contributed by atoms with Crippen LogP contribution in [-0.2, 0) is 9.09 Å². The summed E-state index contributed by atoms with van der Waals surface area (Å²) < 4.78 is 20.1. The van der Waals surface area contributed by atoms with Crippen LogP contribution in [0.4, 0.5) is 0 Å². The molecule has 0 aliphatic heterocycles. The van der Waals surface area contributed by atoms with Crippen molar-refractivity contribution in [1.29, 1.82) is 0 Å². The first kappa shape index (κ1) is 15.2. The molecule has 0 fully saturated rings. The predicted molar refractivity (Wildman–Crippen MR) is 66.5 cm³/mol. The molecule has 0 aromatic rings. The van der Waals surface area contributed by atoms with Crippen LogP contribution in [-0.4, -0.2) is 30.5 Å². The summed E-state index contributed by atoms with van der Waals surface area (Å²) in [5.74, 6) is 0. The molecule has 0 amide bonds. The third-order valence-electron chi connectivity index (χ3n) is 2.29. The smallest absolute Gasteiger partial charge is 0.272 e. The fourth-order valence-corrected chi connectivity index (χ4v) is 3.76. The average Bonchev–Trinajstić information content (AvgIpc) is 2.25. The van der Waals surface area contributed by atoms with Crippen LogP contribution in [0.1, 0.15) is 47.0 Å². The van der Waals surface area contributed by atoms with Crippen LogP contribution in [0.3, 0.4) is 0 Å². The average molecular weight is 235 g/mol. The summed E-state index contributed by atoms with van der Waals surface area (Å²) in [7, 11) is -2.53. The van der Waals surface area contributed by atoms with Gasteiger partial charge in [-0.25, -0.2) is 4.67 Å². The van der Waals surface area contributed by atoms with Crippen LogP contribution < -0.4 is 0 Å². The SMILES string of the molecule is CCCOP(=O)(CC)N(CCC)CCC. The molecule has 0 bridgehead atoms. The van der Waals surface area contributed by atoms with Crippen molar-refractivity contribution in [1.82, 2.24) is 4.67 Å². The van der Waals surface area contributed by atoms with Gasteiger partial charge in [0.15, 0.2) is 0 Å². The molecule has 0 radical (unpaired) electrons. The minimum absolute atomic E-state index is 0.606. The summed E-state index contributed by atoms with van der Waals surface area (Å²) in [6, 6.07) is 0. The van der Waals surface area contributed by atoms with Gasteiger partial charge in [0.05, 0.1) is 6.61 Å². The maximum Gasteiger partial charge on any atom is 0.272 e. The Hall–Kier alpha value is 0.150. The highest BCUT2D eigenvalue weighted by Gasteiger charge is 2.28. The van der Waals surface area contributed by atoms with Crippen molar-refractivity contribution >= 4 is 7.52 Å². The Morgan fingerprint density at radius 1 is 1.00 bits per heavy atom. The molecule has 1 unspecified atom stereocenters. The minimum Gasteiger partial charge on any atom is -0.317 e. The lowest BCUT2D eigenvalue weighted by atomic mass is 10.4. The van der Waals surface area contributed by atoms with E-state index >= 15 is 0 Å². The lowest BCUT2D eigenvalue weighted by molar-refractivity contribution is 0.258. The fraction of sp³-hybridized carbons (Fsp3) is 1.00. The predicted octanol–water partition coefficient (Wildman–Crippen LogP) is 3.75. The Bertz CT molecular complexity index is 191. The van der Waals surface area contributed by atoms with Gasteiger partial charge in [-0.05, 0) is 19.3 Å². The molecule has 0 saturated carbocycles. The molecule has 0 N–H and O–H groups in total. The molecule has 0 rings (SSSR count). The van der Waals surface area contributed by atoms with Crippen molar-refractivity contribution < 1.29 is 9.09 Å². The van der Waals surface area contributed by atoms with Crippen molar-refractivity contribution in [3.05, 3.63) is 0 Å². The van der Waals surface area contributed by atoms with Gasteiger partial charge in [-0.2, -0.15) is 0 Å². The maximum atomic E-state index is 12.5. The van der Waals surface area contributed by atoms with E-state index in [-0.39, 0.29) is 0 Å². The van der Waals surface area contributed by atoms with Crippen LogP contribution in [0.25, 0.3) is 0 Å². The third-order valence-corrected chi connectivity index (χ3v) is 4.94. The van der Waals surface area contributed by atoms with Gasteiger partial charge in [0, 0.05) is 19.3 Å². The number of rotatable bonds is 9. The van der Waals surface area contributed by atoms with E-state index < -0.39 is 7.52 Å². The summed E-state index contributed by atoms with van der Waals surface area (Å²) in [4.78, 5) is 0. The van der Waals surface area contributed by atoms with E-state index in [1.165, 1.54) is 0 Å². The van der Waals surface area contributed by atoms with E-state index in [2.05, 4.69) is 13.8 Å². The van der Waals surface area contributed by atoms with Crippen molar-refractivity contribution in [2.45, 2.75) is 47.0 Å². The van der Waals surface area contributed by atoms with Gasteiger partial charge in [-0.1, -0.05) is 27.7 Å². The molecule has 0 aromatic carbocycles. The van der Waals surface area contributed by atoms with Crippen LogP contribution in [0.5, 0.6) is 0 Å². The molecule has 3 nitrogen and oxygen atoms in total. The first-order valence-electron chi connectivity index (χ1n) is 6.13. The van der Waals surface area contributed by atoms with Crippen molar-refractivity contribution in [2.75, 3.05) is 25.9 Å². The quantitative estimate of drug-likeness (QED) is 0.570. The monoisotopic (exact) mass is 235 g/mol. The highest BCUT2D eigenvalue weighted by molar-refractivity contribution is 7.56. The summed E-state index contributed by atoms with van der Waals surface area (Å²) in [6.07, 6.45) is 3.60. The number of hydrogen-bond donors (Lipinski definition) is 0. The highest BCUT2D eigenvalue weighted by atomic mass is 31.2. The van der Waals surface area contributed by atoms with Crippen LogP contribution in [0, 0.1) is 0 Å². The molecule has 4 heteroatoms. The molecule has 15 heavy (non-hydrogen) atoms. The zero-order valence-electron chi connectivity index (χ0n) is 10.7. The second-order valence-corrected chi connectivity index (χ2v) is 6.47. The molecule has 0 aromatic heterocycles. The van der Waals surface area contributed by atoms with Crippen molar-refractivity contribution in [2.24, 2.45) is 0 Å². The molecule has 0 aliphatic rings. The zero-order chi connectivity index (χ0) is 11.7. The van der Waals surface area contributed by atoms with E-state index in [4.69, 9.17) is 4.52 Å². The molecule has 92 valence electrons. The maximum absolute atomic E-state index is 12.5. The fourth-order valence-electron chi connectivity index (χ4n) is 1.54. The van der Waals surface area contributed by atoms with Crippen LogP contribution in [0.2, 0.25) is 0 Å². The van der Waals surface area contributed by atoms with Crippen LogP contribution in [0.15, 0.2) is 0 Å². The van der Waals surface area contributed by atoms with E-state index in [1.54, 1.807) is 0 Å². The highest BCUT2D eigenvalue weighted by Crippen LogP contribution is 2.50. The van der Waals surface area contributed by atoms with Gasteiger partial charge in [-0.3, -0.25) is 4.57 Å². The molecule has 0 spiro atoms. The van der Waals surface area contributed by atoms with E-state index in [0.717, 1.165) is 32.4 Å². The topological polar surface area (TPSA) is 29.5 Å². The summed E-state index contributed by atoms with van der Waals surface area (Å²) in [6.45, 7) is 10.6. The standard InChI is InChI=1S/C11H26NO2P/c1-5-9-12(10-6-2)15(13,8-4)14-11-7-3/h5-11H2,1-4H3. The lowest BCUT2D eigenvalue weighted by Gasteiger charge is -2.29. The molecule has 0 aliphatic carbocycles. The Morgan fingerprint density at radius 3 is 1.87 bits per heavy atom. The lowest BCUT2D eigenvalue weighted by Crippen LogP contribution is -2.24. The van der Waals surface area contributed by atoms with Gasteiger partial charge in [0.25, 0.3) is 7.52 Å². The van der Waals surface area contributed by atoms with E-state index in [0.29, 0.717) is 12.8 Å². The van der Waals surface area contributed by atoms with Crippen molar-refractivity contribution in [3.8, 4) is 0 Å². The Labute approximate surface area is 94.7 Å². The van der Waals surface area contributed by atoms with Gasteiger partial charge in [-0.15, -0.1) is 0 Å². The van der Waals surface area contributed by atoms with Crippen molar-refractivity contribution in [3.63, 3.8) is 0 Å². The first-order chi connectivity index (χ1) is 7.14. The van der Waals surface area contributed by atoms with Crippen LogP contribution >= 0.6 is 7.52 Å². The van der Waals surface area contributed by atoms with Gasteiger partial charge in [0.1, 0.15) is 0 Å². The minimum atomic E-state index is -2.53. The Balaban J connectivity index is 4.46. The summed E-state index contributed by atoms with van der Waals surface area (Å²) in [5.41, 5.74) is 0. The largest absolute Gasteiger partial charge is 0.317 e. The second-order valence-electron chi connectivity index (χ2n) is 3.74. The molecule has 0 heterocycles.